The Morgan fingerprint density at radius 1 is 0.970 bits per heavy atom. The highest BCUT2D eigenvalue weighted by molar-refractivity contribution is 5.81. The van der Waals surface area contributed by atoms with Crippen LogP contribution in [0.15, 0.2) is 35.1 Å². The van der Waals surface area contributed by atoms with Crippen LogP contribution < -0.4 is 21.9 Å². The Morgan fingerprint density at radius 3 is 2.24 bits per heavy atom. The first kappa shape index (κ1) is 21.5. The van der Waals surface area contributed by atoms with Gasteiger partial charge in [0.15, 0.2) is 17.5 Å². The number of aromatic nitrogens is 4. The molecule has 33 heavy (non-hydrogen) atoms. The highest BCUT2D eigenvalue weighted by Gasteiger charge is 2.24. The fourth-order valence-electron chi connectivity index (χ4n) is 3.22. The van der Waals surface area contributed by atoms with Crippen molar-refractivity contribution in [2.24, 2.45) is 0 Å². The van der Waals surface area contributed by atoms with Crippen molar-refractivity contribution >= 4 is 34.4 Å². The highest BCUT2D eigenvalue weighted by atomic mass is 19.2. The van der Waals surface area contributed by atoms with Gasteiger partial charge in [0.25, 0.3) is 5.56 Å². The van der Waals surface area contributed by atoms with Crippen LogP contribution in [0.2, 0.25) is 0 Å². The van der Waals surface area contributed by atoms with Gasteiger partial charge in [-0.25, -0.2) is 27.1 Å². The van der Waals surface area contributed by atoms with Gasteiger partial charge in [0.05, 0.1) is 16.6 Å². The lowest BCUT2D eigenvalue weighted by molar-refractivity contribution is 0.510. The molecule has 0 amide bonds. The number of nitrogens with two attached hydrogens (primary N) is 2. The van der Waals surface area contributed by atoms with Crippen molar-refractivity contribution in [3.8, 4) is 11.8 Å². The quantitative estimate of drug-likeness (QED) is 0.448. The van der Waals surface area contributed by atoms with Crippen LogP contribution >= 0.6 is 0 Å². The van der Waals surface area contributed by atoms with Crippen LogP contribution in [0.5, 0.6) is 0 Å². The maximum Gasteiger partial charge on any atom is 0.267 e. The second-order valence-electron chi connectivity index (χ2n) is 6.80. The van der Waals surface area contributed by atoms with E-state index in [4.69, 9.17) is 11.5 Å². The third-order valence-electron chi connectivity index (χ3n) is 4.66. The normalized spacial score (nSPS) is 10.9. The van der Waals surface area contributed by atoms with Crippen LogP contribution in [-0.2, 0) is 0 Å². The Bertz CT molecular complexity index is 1530. The summed E-state index contributed by atoms with van der Waals surface area (Å²) < 4.78 is 56.4. The Balaban J connectivity index is 2.13. The maximum absolute atomic E-state index is 14.0. The predicted molar refractivity (Wildman–Crippen MR) is 111 cm³/mol. The van der Waals surface area contributed by atoms with Crippen LogP contribution in [0.25, 0.3) is 16.6 Å². The minimum Gasteiger partial charge on any atom is -0.382 e. The molecule has 166 valence electrons. The summed E-state index contributed by atoms with van der Waals surface area (Å²) in [5.41, 5.74) is 9.58. The molecule has 0 unspecified atom stereocenters. The lowest BCUT2D eigenvalue weighted by Gasteiger charge is -2.23. The summed E-state index contributed by atoms with van der Waals surface area (Å²) in [5, 5.41) is 9.12. The van der Waals surface area contributed by atoms with Gasteiger partial charge in [0.1, 0.15) is 29.1 Å². The SMILES string of the molecule is CN(c1nc(N)nc(N)c1C#N)c1nc2cc(F)c(F)cc2c(=O)n1-c1cc(F)cc(F)c1. The van der Waals surface area contributed by atoms with E-state index in [9.17, 15) is 27.6 Å². The lowest BCUT2D eigenvalue weighted by atomic mass is 10.2. The molecule has 2 heterocycles. The Labute approximate surface area is 182 Å². The summed E-state index contributed by atoms with van der Waals surface area (Å²) in [6.07, 6.45) is 0. The molecule has 13 heteroatoms. The van der Waals surface area contributed by atoms with Crippen molar-refractivity contribution in [3.05, 3.63) is 69.5 Å². The fraction of sp³-hybridized carbons (Fsp3) is 0.0500. The number of halogens is 4. The largest absolute Gasteiger partial charge is 0.382 e. The second kappa shape index (κ2) is 7.75. The summed E-state index contributed by atoms with van der Waals surface area (Å²) in [5.74, 6) is -5.74. The maximum atomic E-state index is 14.0. The molecule has 4 aromatic rings. The van der Waals surface area contributed by atoms with E-state index in [1.807, 2.05) is 0 Å². The van der Waals surface area contributed by atoms with Gasteiger partial charge in [0, 0.05) is 19.2 Å². The number of hydrogen-bond donors (Lipinski definition) is 2. The van der Waals surface area contributed by atoms with Gasteiger partial charge < -0.3 is 11.5 Å². The van der Waals surface area contributed by atoms with Crippen LogP contribution in [0, 0.1) is 34.6 Å². The van der Waals surface area contributed by atoms with E-state index in [-0.39, 0.29) is 45.7 Å². The van der Waals surface area contributed by atoms with Gasteiger partial charge >= 0.3 is 0 Å². The van der Waals surface area contributed by atoms with E-state index >= 15 is 0 Å². The molecule has 4 N–H and O–H groups in total. The van der Waals surface area contributed by atoms with Gasteiger partial charge in [-0.2, -0.15) is 15.2 Å². The zero-order valence-corrected chi connectivity index (χ0v) is 16.6. The van der Waals surface area contributed by atoms with E-state index in [1.54, 1.807) is 6.07 Å². The minimum absolute atomic E-state index is 0.193. The zero-order chi connectivity index (χ0) is 24.0. The minimum atomic E-state index is -1.32. The molecule has 0 atom stereocenters. The number of rotatable bonds is 3. The first-order chi connectivity index (χ1) is 15.6. The van der Waals surface area contributed by atoms with Crippen LogP contribution in [0.4, 0.5) is 41.1 Å². The van der Waals surface area contributed by atoms with Gasteiger partial charge in [-0.15, -0.1) is 0 Å². The van der Waals surface area contributed by atoms with E-state index in [0.717, 1.165) is 21.6 Å². The molecular weight excluding hydrogens is 444 g/mol. The van der Waals surface area contributed by atoms with Gasteiger partial charge in [0.2, 0.25) is 11.9 Å². The molecule has 0 fully saturated rings. The molecule has 0 aliphatic heterocycles. The Kier molecular flexibility index (Phi) is 5.05. The first-order valence-electron chi connectivity index (χ1n) is 9.05. The smallest absolute Gasteiger partial charge is 0.267 e. The fourth-order valence-corrected chi connectivity index (χ4v) is 3.22. The number of nitrogens with zero attached hydrogens (tertiary/aromatic N) is 6. The van der Waals surface area contributed by atoms with Crippen LogP contribution in [0.3, 0.4) is 0 Å². The molecule has 2 aromatic carbocycles. The number of nitriles is 1. The molecule has 0 saturated carbocycles. The number of benzene rings is 2. The van der Waals surface area contributed by atoms with E-state index in [1.165, 1.54) is 7.05 Å². The molecule has 0 spiro atoms. The van der Waals surface area contributed by atoms with Gasteiger partial charge in [-0.3, -0.25) is 9.69 Å². The molecule has 2 aromatic heterocycles. The van der Waals surface area contributed by atoms with Crippen LogP contribution in [-0.4, -0.2) is 26.6 Å². The molecule has 0 radical (unpaired) electrons. The molecule has 4 rings (SSSR count). The number of fused-ring (bicyclic) bond motifs is 1. The Hall–Kier alpha value is -4.73. The predicted octanol–water partition coefficient (Wildman–Crippen LogP) is 2.54. The van der Waals surface area contributed by atoms with Crippen LogP contribution in [0.1, 0.15) is 5.56 Å². The van der Waals surface area contributed by atoms with Crippen molar-refractivity contribution in [3.63, 3.8) is 0 Å². The lowest BCUT2D eigenvalue weighted by Crippen LogP contribution is -2.29. The average molecular weight is 456 g/mol. The number of hydrogen-bond acceptors (Lipinski definition) is 8. The van der Waals surface area contributed by atoms with E-state index in [2.05, 4.69) is 15.0 Å². The molecule has 0 aliphatic rings. The van der Waals surface area contributed by atoms with Crippen molar-refractivity contribution in [1.82, 2.24) is 19.5 Å². The summed E-state index contributed by atoms with van der Waals surface area (Å²) in [6, 6.07) is 5.36. The van der Waals surface area contributed by atoms with Gasteiger partial charge in [-0.1, -0.05) is 0 Å². The third-order valence-corrected chi connectivity index (χ3v) is 4.66. The average Bonchev–Trinajstić information content (AvgIpc) is 2.73. The summed E-state index contributed by atoms with van der Waals surface area (Å²) in [4.78, 5) is 26.2. The van der Waals surface area contributed by atoms with Crippen molar-refractivity contribution in [2.75, 3.05) is 23.4 Å². The topological polar surface area (TPSA) is 140 Å². The van der Waals surface area contributed by atoms with Crippen molar-refractivity contribution in [2.45, 2.75) is 0 Å². The summed E-state index contributed by atoms with van der Waals surface area (Å²) in [6.45, 7) is 0. The molecule has 0 aliphatic carbocycles. The van der Waals surface area contributed by atoms with Gasteiger partial charge in [-0.05, 0) is 18.2 Å². The van der Waals surface area contributed by atoms with E-state index in [0.29, 0.717) is 18.2 Å². The first-order valence-corrected chi connectivity index (χ1v) is 9.05. The number of anilines is 4. The highest BCUT2D eigenvalue weighted by Crippen LogP contribution is 2.29. The molecule has 0 saturated heterocycles. The monoisotopic (exact) mass is 456 g/mol. The number of nitrogen functional groups attached to an aromatic ring is 2. The summed E-state index contributed by atoms with van der Waals surface area (Å²) in [7, 11) is 1.31. The Morgan fingerprint density at radius 2 is 1.61 bits per heavy atom. The standard InChI is InChI=1S/C20H12F4N8O/c1-31(17-12(7-25)16(26)29-19(27)30-17)20-28-15-6-14(24)13(23)5-11(15)18(33)32(20)10-3-8(21)2-9(22)4-10/h2-6H,1H3,(H4,26,27,29,30). The second-order valence-corrected chi connectivity index (χ2v) is 6.80. The van der Waals surface area contributed by atoms with Crippen molar-refractivity contribution < 1.29 is 17.6 Å². The third kappa shape index (κ3) is 3.63. The van der Waals surface area contributed by atoms with Crippen molar-refractivity contribution in [1.29, 1.82) is 5.26 Å². The molecular formula is C20H12F4N8O. The molecule has 9 nitrogen and oxygen atoms in total. The zero-order valence-electron chi connectivity index (χ0n) is 16.6. The van der Waals surface area contributed by atoms with E-state index < -0.39 is 28.8 Å². The molecule has 0 bridgehead atoms. The summed E-state index contributed by atoms with van der Waals surface area (Å²) >= 11 is 0.